The van der Waals surface area contributed by atoms with Crippen LogP contribution in [0.5, 0.6) is 0 Å². The van der Waals surface area contributed by atoms with Gasteiger partial charge in [-0.3, -0.25) is 14.5 Å². The second kappa shape index (κ2) is 8.85. The van der Waals surface area contributed by atoms with Crippen LogP contribution in [-0.4, -0.2) is 25.0 Å². The lowest BCUT2D eigenvalue weighted by Crippen LogP contribution is -2.20. The molecule has 7 nitrogen and oxygen atoms in total. The molecule has 148 valence electrons. The monoisotopic (exact) mass is 428 g/mol. The van der Waals surface area contributed by atoms with Gasteiger partial charge >= 0.3 is 0 Å². The minimum atomic E-state index is -3.89. The quantitative estimate of drug-likeness (QED) is 0.461. The van der Waals surface area contributed by atoms with E-state index in [1.54, 1.807) is 43.6 Å². The van der Waals surface area contributed by atoms with Crippen LogP contribution in [-0.2, 0) is 10.0 Å². The normalized spacial score (nSPS) is 11.7. The van der Waals surface area contributed by atoms with Gasteiger partial charge in [0.1, 0.15) is 0 Å². The number of carbonyl (C=O) groups is 1. The molecule has 2 aromatic carbocycles. The predicted molar refractivity (Wildman–Crippen MR) is 113 cm³/mol. The first-order valence-electron chi connectivity index (χ1n) is 8.49. The Morgan fingerprint density at radius 2 is 1.79 bits per heavy atom. The number of nitrogens with one attached hydrogen (secondary N) is 2. The maximum atomic E-state index is 12.6. The van der Waals surface area contributed by atoms with Gasteiger partial charge in [-0.1, -0.05) is 29.8 Å². The number of halogens is 1. The number of nitrogens with zero attached hydrogens (tertiary/aromatic N) is 2. The Labute approximate surface area is 173 Å². The molecule has 0 saturated heterocycles. The zero-order valence-electron chi connectivity index (χ0n) is 15.3. The van der Waals surface area contributed by atoms with Crippen LogP contribution in [0, 0.1) is 0 Å². The summed E-state index contributed by atoms with van der Waals surface area (Å²) in [5.74, 6) is -0.534. The fourth-order valence-corrected chi connectivity index (χ4v) is 3.70. The first kappa shape index (κ1) is 20.5. The number of hydrogen-bond acceptors (Lipinski definition) is 5. The SMILES string of the molecule is CC(=NNC(=O)c1cccc(S(=O)(=O)Nc2cccc(Cl)c2)c1)c1cccnc1. The third-order valence-electron chi connectivity index (χ3n) is 3.89. The van der Waals surface area contributed by atoms with Gasteiger partial charge in [0.15, 0.2) is 0 Å². The van der Waals surface area contributed by atoms with Crippen molar-refractivity contribution in [1.29, 1.82) is 0 Å². The van der Waals surface area contributed by atoms with Crippen molar-refractivity contribution in [1.82, 2.24) is 10.4 Å². The molecule has 1 aromatic heterocycles. The average molecular weight is 429 g/mol. The van der Waals surface area contributed by atoms with Crippen LogP contribution in [0.3, 0.4) is 0 Å². The summed E-state index contributed by atoms with van der Waals surface area (Å²) in [6.45, 7) is 1.73. The molecule has 29 heavy (non-hydrogen) atoms. The van der Waals surface area contributed by atoms with E-state index < -0.39 is 15.9 Å². The summed E-state index contributed by atoms with van der Waals surface area (Å²) in [6, 6.07) is 15.6. The molecule has 0 spiro atoms. The van der Waals surface area contributed by atoms with E-state index in [1.165, 1.54) is 30.3 Å². The standard InChI is InChI=1S/C20H17ClN4O3S/c1-14(16-6-4-10-22-13-16)23-24-20(26)15-5-2-9-19(11-15)29(27,28)25-18-8-3-7-17(21)12-18/h2-13,25H,1H3,(H,24,26). The molecule has 0 bridgehead atoms. The smallest absolute Gasteiger partial charge is 0.271 e. The van der Waals surface area contributed by atoms with E-state index in [9.17, 15) is 13.2 Å². The van der Waals surface area contributed by atoms with Crippen LogP contribution in [0.4, 0.5) is 5.69 Å². The van der Waals surface area contributed by atoms with Crippen molar-refractivity contribution in [2.45, 2.75) is 11.8 Å². The van der Waals surface area contributed by atoms with E-state index in [4.69, 9.17) is 11.6 Å². The van der Waals surface area contributed by atoms with Gasteiger partial charge in [0.05, 0.1) is 16.3 Å². The number of hydrogen-bond donors (Lipinski definition) is 2. The number of carbonyl (C=O) groups excluding carboxylic acids is 1. The lowest BCUT2D eigenvalue weighted by atomic mass is 10.2. The molecule has 0 radical (unpaired) electrons. The fraction of sp³-hybridized carbons (Fsp3) is 0.0500. The van der Waals surface area contributed by atoms with Crippen LogP contribution in [0.2, 0.25) is 5.02 Å². The van der Waals surface area contributed by atoms with Gasteiger partial charge < -0.3 is 0 Å². The number of aromatic nitrogens is 1. The largest absolute Gasteiger partial charge is 0.280 e. The van der Waals surface area contributed by atoms with Crippen molar-refractivity contribution in [3.63, 3.8) is 0 Å². The molecule has 0 unspecified atom stereocenters. The van der Waals surface area contributed by atoms with E-state index in [0.717, 1.165) is 5.56 Å². The summed E-state index contributed by atoms with van der Waals surface area (Å²) in [4.78, 5) is 16.3. The molecule has 3 rings (SSSR count). The van der Waals surface area contributed by atoms with Gasteiger partial charge in [-0.15, -0.1) is 0 Å². The first-order valence-corrected chi connectivity index (χ1v) is 10.3. The third-order valence-corrected chi connectivity index (χ3v) is 5.50. The lowest BCUT2D eigenvalue weighted by Gasteiger charge is -2.09. The molecule has 0 aliphatic heterocycles. The first-order chi connectivity index (χ1) is 13.8. The van der Waals surface area contributed by atoms with Crippen LogP contribution >= 0.6 is 11.6 Å². The zero-order chi connectivity index (χ0) is 20.9. The molecule has 0 aliphatic carbocycles. The highest BCUT2D eigenvalue weighted by Crippen LogP contribution is 2.20. The van der Waals surface area contributed by atoms with Gasteiger partial charge in [-0.05, 0) is 49.4 Å². The summed E-state index contributed by atoms with van der Waals surface area (Å²) >= 11 is 5.89. The Balaban J connectivity index is 1.77. The Morgan fingerprint density at radius 1 is 1.03 bits per heavy atom. The lowest BCUT2D eigenvalue weighted by molar-refractivity contribution is 0.0954. The molecule has 1 heterocycles. The molecule has 0 aliphatic rings. The molecule has 3 aromatic rings. The van der Waals surface area contributed by atoms with Gasteiger partial charge in [0.2, 0.25) is 0 Å². The number of amides is 1. The van der Waals surface area contributed by atoms with E-state index in [-0.39, 0.29) is 10.5 Å². The Hall–Kier alpha value is -3.23. The number of hydrazone groups is 1. The molecule has 0 fully saturated rings. The van der Waals surface area contributed by atoms with Crippen LogP contribution in [0.1, 0.15) is 22.8 Å². The molecule has 9 heteroatoms. The number of rotatable bonds is 6. The number of anilines is 1. The van der Waals surface area contributed by atoms with Crippen molar-refractivity contribution >= 4 is 38.9 Å². The van der Waals surface area contributed by atoms with Crippen molar-refractivity contribution in [3.8, 4) is 0 Å². The summed E-state index contributed by atoms with van der Waals surface area (Å²) in [5, 5.41) is 4.44. The predicted octanol–water partition coefficient (Wildman–Crippen LogP) is 3.69. The summed E-state index contributed by atoms with van der Waals surface area (Å²) in [7, 11) is -3.89. The molecule has 0 saturated carbocycles. The topological polar surface area (TPSA) is 101 Å². The third kappa shape index (κ3) is 5.40. The highest BCUT2D eigenvalue weighted by atomic mass is 35.5. The number of benzene rings is 2. The van der Waals surface area contributed by atoms with Crippen LogP contribution in [0.15, 0.2) is 83.1 Å². The van der Waals surface area contributed by atoms with Gasteiger partial charge in [-0.2, -0.15) is 5.10 Å². The molecule has 0 atom stereocenters. The maximum absolute atomic E-state index is 12.6. The Kier molecular flexibility index (Phi) is 6.26. The van der Waals surface area contributed by atoms with E-state index in [1.807, 2.05) is 6.07 Å². The average Bonchev–Trinajstić information content (AvgIpc) is 2.72. The van der Waals surface area contributed by atoms with Gasteiger partial charge in [0.25, 0.3) is 15.9 Å². The summed E-state index contributed by atoms with van der Waals surface area (Å²) in [6.07, 6.45) is 3.26. The fourth-order valence-electron chi connectivity index (χ4n) is 2.41. The molecule has 1 amide bonds. The Morgan fingerprint density at radius 3 is 2.52 bits per heavy atom. The van der Waals surface area contributed by atoms with E-state index in [2.05, 4.69) is 20.2 Å². The van der Waals surface area contributed by atoms with Crippen molar-refractivity contribution in [3.05, 3.63) is 89.2 Å². The van der Waals surface area contributed by atoms with Crippen molar-refractivity contribution < 1.29 is 13.2 Å². The van der Waals surface area contributed by atoms with E-state index >= 15 is 0 Å². The van der Waals surface area contributed by atoms with Crippen LogP contribution < -0.4 is 10.1 Å². The van der Waals surface area contributed by atoms with E-state index in [0.29, 0.717) is 16.4 Å². The number of pyridine rings is 1. The van der Waals surface area contributed by atoms with Crippen molar-refractivity contribution in [2.24, 2.45) is 5.10 Å². The highest BCUT2D eigenvalue weighted by Gasteiger charge is 2.16. The Bertz CT molecular complexity index is 1170. The summed E-state index contributed by atoms with van der Waals surface area (Å²) in [5.41, 5.74) is 4.23. The minimum absolute atomic E-state index is 0.0573. The van der Waals surface area contributed by atoms with Gasteiger partial charge in [0, 0.05) is 28.5 Å². The molecule has 2 N–H and O–H groups in total. The zero-order valence-corrected chi connectivity index (χ0v) is 16.9. The van der Waals surface area contributed by atoms with Crippen LogP contribution in [0.25, 0.3) is 0 Å². The highest BCUT2D eigenvalue weighted by molar-refractivity contribution is 7.92. The maximum Gasteiger partial charge on any atom is 0.271 e. The molecular formula is C20H17ClN4O3S. The molecular weight excluding hydrogens is 412 g/mol. The second-order valence-corrected chi connectivity index (χ2v) is 8.14. The second-order valence-electron chi connectivity index (χ2n) is 6.02. The summed E-state index contributed by atoms with van der Waals surface area (Å²) < 4.78 is 27.7. The minimum Gasteiger partial charge on any atom is -0.280 e. The number of sulfonamides is 1. The van der Waals surface area contributed by atoms with Crippen molar-refractivity contribution in [2.75, 3.05) is 4.72 Å². The van der Waals surface area contributed by atoms with Gasteiger partial charge in [-0.25, -0.2) is 13.8 Å².